The van der Waals surface area contributed by atoms with E-state index in [-0.39, 0.29) is 41.6 Å². The number of aliphatic hydroxyl groups excluding tert-OH is 2. The standard InChI is InChI=1S/C40H70N7O17P3S/c1-5-6-7-14-17-28(2)18-15-12-10-8-9-11-13-16-19-31(49)68-23-22-42-30(48)20-21-43-38(52)35(51)40(3,4)25-61-67(58,59)64-66(56,57)60-24-29-34(63-65(53,54)55)33(50)39(62-29)47-27-46-32-36(41)44-26-45-37(32)47/h12,15,26-29,33-35,39,50-51H,5-11,13-14,16-25H2,1-4H3,(H,42,48)(H,43,52)(H,56,57)(H,58,59)(H2,41,44,45)(H2,53,54,55)/b15-12-/t28?,29-,33-,34-,35+,39-/m1/s1. The first kappa shape index (κ1) is 59.6. The number of carbonyl (C=O) groups excluding carboxylic acids is 3. The van der Waals surface area contributed by atoms with E-state index >= 15 is 0 Å². The highest BCUT2D eigenvalue weighted by Gasteiger charge is 2.50. The number of imidazole rings is 1. The number of phosphoric acid groups is 3. The van der Waals surface area contributed by atoms with Gasteiger partial charge in [0.25, 0.3) is 0 Å². The minimum absolute atomic E-state index is 0.0329. The number of unbranched alkanes of at least 4 members (excludes halogenated alkanes) is 8. The molecule has 0 radical (unpaired) electrons. The monoisotopic (exact) mass is 1050 g/mol. The van der Waals surface area contributed by atoms with Crippen LogP contribution in [0.15, 0.2) is 24.8 Å². The van der Waals surface area contributed by atoms with E-state index in [1.54, 1.807) is 0 Å². The van der Waals surface area contributed by atoms with Crippen molar-refractivity contribution in [3.63, 3.8) is 0 Å². The fourth-order valence-electron chi connectivity index (χ4n) is 6.91. The number of allylic oxidation sites excluding steroid dienone is 2. The molecule has 3 heterocycles. The van der Waals surface area contributed by atoms with Crippen LogP contribution in [0.2, 0.25) is 0 Å². The van der Waals surface area contributed by atoms with Gasteiger partial charge in [0.05, 0.1) is 19.5 Å². The number of aromatic nitrogens is 4. The van der Waals surface area contributed by atoms with E-state index in [0.29, 0.717) is 12.2 Å². The summed E-state index contributed by atoms with van der Waals surface area (Å²) in [6, 6.07) is 0. The van der Waals surface area contributed by atoms with Crippen LogP contribution >= 0.6 is 35.2 Å². The number of phosphoric ester groups is 3. The molecule has 1 aliphatic rings. The number of nitrogen functional groups attached to an aromatic ring is 1. The van der Waals surface area contributed by atoms with Crippen LogP contribution in [-0.2, 0) is 50.7 Å². The van der Waals surface area contributed by atoms with Gasteiger partial charge in [0, 0.05) is 37.1 Å². The van der Waals surface area contributed by atoms with E-state index in [0.717, 1.165) is 79.8 Å². The van der Waals surface area contributed by atoms with Crippen LogP contribution in [0.4, 0.5) is 5.82 Å². The molecule has 0 aliphatic carbocycles. The molecule has 28 heteroatoms. The molecule has 0 bridgehead atoms. The number of fused-ring (bicyclic) bond motifs is 1. The summed E-state index contributed by atoms with van der Waals surface area (Å²) in [5, 5.41) is 26.7. The van der Waals surface area contributed by atoms with Crippen LogP contribution in [0.1, 0.15) is 124 Å². The summed E-state index contributed by atoms with van der Waals surface area (Å²) in [6.07, 6.45) is 12.1. The molecule has 0 saturated carbocycles. The second-order valence-electron chi connectivity index (χ2n) is 17.3. The first-order chi connectivity index (χ1) is 31.9. The van der Waals surface area contributed by atoms with Crippen molar-refractivity contribution in [1.82, 2.24) is 30.2 Å². The highest BCUT2D eigenvalue weighted by Crippen LogP contribution is 2.61. The number of hydrogen-bond donors (Lipinski definition) is 9. The quantitative estimate of drug-likeness (QED) is 0.0254. The second kappa shape index (κ2) is 29.0. The van der Waals surface area contributed by atoms with Crippen LogP contribution in [-0.4, -0.2) is 123 Å². The van der Waals surface area contributed by atoms with Gasteiger partial charge in [-0.1, -0.05) is 103 Å². The zero-order valence-electron chi connectivity index (χ0n) is 39.0. The van der Waals surface area contributed by atoms with Gasteiger partial charge in [-0.2, -0.15) is 4.31 Å². The van der Waals surface area contributed by atoms with E-state index in [1.807, 2.05) is 0 Å². The summed E-state index contributed by atoms with van der Waals surface area (Å²) in [5.74, 6) is -0.296. The molecule has 3 rings (SSSR count). The third-order valence-corrected chi connectivity index (χ3v) is 14.8. The summed E-state index contributed by atoms with van der Waals surface area (Å²) in [4.78, 5) is 88.4. The SMILES string of the molecule is CCCCCCC(C)C/C=C\CCCCCCCC(=O)SCCNC(=O)CCNC(=O)[C@H](O)C(C)(C)COP(=O)(O)OP(=O)(O)OC[C@H]1O[C@@H](n2cnc3c(N)ncnc32)[C@H](O)[C@@H]1OP(=O)(O)O. The number of anilines is 1. The van der Waals surface area contributed by atoms with Gasteiger partial charge in [-0.05, 0) is 31.6 Å². The fourth-order valence-corrected chi connectivity index (χ4v) is 10.5. The molecule has 2 aromatic heterocycles. The molecule has 24 nitrogen and oxygen atoms in total. The van der Waals surface area contributed by atoms with Gasteiger partial charge < -0.3 is 50.9 Å². The smallest absolute Gasteiger partial charge is 0.386 e. The van der Waals surface area contributed by atoms with Crippen molar-refractivity contribution in [2.45, 2.75) is 148 Å². The lowest BCUT2D eigenvalue weighted by atomic mass is 9.87. The maximum absolute atomic E-state index is 12.7. The number of aliphatic hydroxyl groups is 2. The van der Waals surface area contributed by atoms with Crippen molar-refractivity contribution in [1.29, 1.82) is 0 Å². The van der Waals surface area contributed by atoms with E-state index in [4.69, 9.17) is 19.5 Å². The maximum atomic E-state index is 12.7. The van der Waals surface area contributed by atoms with Gasteiger partial charge in [0.15, 0.2) is 22.8 Å². The average molecular weight is 1050 g/mol. The number of nitrogens with zero attached hydrogens (tertiary/aromatic N) is 4. The molecule has 3 unspecified atom stereocenters. The number of nitrogens with two attached hydrogens (primary N) is 1. The second-order valence-corrected chi connectivity index (χ2v) is 22.6. The zero-order valence-corrected chi connectivity index (χ0v) is 42.5. The Kier molecular flexibility index (Phi) is 25.4. The van der Waals surface area contributed by atoms with Crippen LogP contribution < -0.4 is 16.4 Å². The van der Waals surface area contributed by atoms with Crippen molar-refractivity contribution in [3.8, 4) is 0 Å². The van der Waals surface area contributed by atoms with E-state index in [9.17, 15) is 57.9 Å². The molecule has 10 N–H and O–H groups in total. The van der Waals surface area contributed by atoms with E-state index in [2.05, 4.69) is 60.4 Å². The third kappa shape index (κ3) is 21.7. The number of rotatable bonds is 34. The molecular formula is C40H70N7O17P3S. The normalized spacial score (nSPS) is 20.6. The molecule has 1 aliphatic heterocycles. The first-order valence-corrected chi connectivity index (χ1v) is 28.2. The minimum atomic E-state index is -5.58. The lowest BCUT2D eigenvalue weighted by Crippen LogP contribution is -2.46. The van der Waals surface area contributed by atoms with Crippen molar-refractivity contribution in [2.75, 3.05) is 37.8 Å². The van der Waals surface area contributed by atoms with Gasteiger partial charge >= 0.3 is 23.5 Å². The molecule has 0 aromatic carbocycles. The Bertz CT molecular complexity index is 2080. The lowest BCUT2D eigenvalue weighted by molar-refractivity contribution is -0.137. The molecule has 1 fully saturated rings. The van der Waals surface area contributed by atoms with Crippen LogP contribution in [0.3, 0.4) is 0 Å². The summed E-state index contributed by atoms with van der Waals surface area (Å²) in [7, 11) is -16.4. The summed E-state index contributed by atoms with van der Waals surface area (Å²) in [5.41, 5.74) is 4.29. The Balaban J connectivity index is 1.30. The van der Waals surface area contributed by atoms with Crippen LogP contribution in [0.5, 0.6) is 0 Å². The Morgan fingerprint density at radius 3 is 2.35 bits per heavy atom. The molecule has 1 saturated heterocycles. The predicted octanol–water partition coefficient (Wildman–Crippen LogP) is 4.95. The Labute approximate surface area is 400 Å². The Morgan fingerprint density at radius 1 is 0.941 bits per heavy atom. The number of ether oxygens (including phenoxy) is 1. The summed E-state index contributed by atoms with van der Waals surface area (Å²) >= 11 is 1.15. The number of carbonyl (C=O) groups is 3. The lowest BCUT2D eigenvalue weighted by Gasteiger charge is -2.30. The number of amides is 2. The van der Waals surface area contributed by atoms with Crippen LogP contribution in [0, 0.1) is 11.3 Å². The average Bonchev–Trinajstić information content (AvgIpc) is 3.82. The topological polar surface area (TPSA) is 364 Å². The van der Waals surface area contributed by atoms with Crippen molar-refractivity contribution >= 4 is 69.1 Å². The Morgan fingerprint density at radius 2 is 1.63 bits per heavy atom. The number of nitrogens with one attached hydrogen (secondary N) is 2. The summed E-state index contributed by atoms with van der Waals surface area (Å²) < 4.78 is 62.4. The number of hydrogen-bond acceptors (Lipinski definition) is 18. The van der Waals surface area contributed by atoms with Crippen molar-refractivity contribution in [3.05, 3.63) is 24.8 Å². The molecule has 2 amide bonds. The van der Waals surface area contributed by atoms with Gasteiger partial charge in [0.1, 0.15) is 36.3 Å². The largest absolute Gasteiger partial charge is 0.481 e. The zero-order chi connectivity index (χ0) is 50.5. The van der Waals surface area contributed by atoms with Gasteiger partial charge in [-0.3, -0.25) is 32.5 Å². The molecule has 68 heavy (non-hydrogen) atoms. The highest BCUT2D eigenvalue weighted by atomic mass is 32.2. The van der Waals surface area contributed by atoms with Crippen LogP contribution in [0.25, 0.3) is 11.2 Å². The maximum Gasteiger partial charge on any atom is 0.481 e. The van der Waals surface area contributed by atoms with E-state index in [1.165, 1.54) is 46.0 Å². The van der Waals surface area contributed by atoms with Crippen molar-refractivity contribution in [2.24, 2.45) is 11.3 Å². The summed E-state index contributed by atoms with van der Waals surface area (Å²) in [6.45, 7) is 5.12. The van der Waals surface area contributed by atoms with Gasteiger partial charge in [0.2, 0.25) is 11.8 Å². The molecular weight excluding hydrogens is 975 g/mol. The molecule has 0 spiro atoms. The Hall–Kier alpha value is -2.70. The first-order valence-electron chi connectivity index (χ1n) is 22.6. The van der Waals surface area contributed by atoms with E-state index < -0.39 is 84.6 Å². The minimum Gasteiger partial charge on any atom is -0.386 e. The molecule has 2 aromatic rings. The van der Waals surface area contributed by atoms with Gasteiger partial charge in [-0.25, -0.2) is 28.6 Å². The third-order valence-electron chi connectivity index (χ3n) is 10.8. The fraction of sp³-hybridized carbons (Fsp3) is 0.750. The van der Waals surface area contributed by atoms with Gasteiger partial charge in [-0.15, -0.1) is 0 Å². The predicted molar refractivity (Wildman–Crippen MR) is 251 cm³/mol. The number of thioether (sulfide) groups is 1. The highest BCUT2D eigenvalue weighted by molar-refractivity contribution is 8.13. The molecule has 8 atom stereocenters. The van der Waals surface area contributed by atoms with Crippen molar-refractivity contribution < 1.29 is 80.5 Å². The molecule has 388 valence electrons.